The number of methoxy groups -OCH3 is 1. The Morgan fingerprint density at radius 1 is 1.33 bits per heavy atom. The number of nitrogens with two attached hydrogens (primary N) is 1. The van der Waals surface area contributed by atoms with Crippen LogP contribution in [0.3, 0.4) is 0 Å². The molecule has 0 atom stereocenters. The zero-order valence-corrected chi connectivity index (χ0v) is 13.2. The highest BCUT2D eigenvalue weighted by Gasteiger charge is 2.05. The Morgan fingerprint density at radius 2 is 2.19 bits per heavy atom. The molecule has 0 aliphatic heterocycles. The summed E-state index contributed by atoms with van der Waals surface area (Å²) in [5.74, 6) is 7.53. The molecule has 21 heavy (non-hydrogen) atoms. The summed E-state index contributed by atoms with van der Waals surface area (Å²) in [5, 5.41) is 1.55. The van der Waals surface area contributed by atoms with Gasteiger partial charge in [-0.05, 0) is 35.9 Å². The van der Waals surface area contributed by atoms with Crippen molar-refractivity contribution in [2.24, 2.45) is 5.73 Å². The van der Waals surface area contributed by atoms with E-state index >= 15 is 0 Å². The number of pyridine rings is 1. The van der Waals surface area contributed by atoms with E-state index < -0.39 is 0 Å². The number of ether oxygens (including phenoxy) is 1. The molecule has 1 heterocycles. The molecule has 0 amide bonds. The highest BCUT2D eigenvalue weighted by Crippen LogP contribution is 2.26. The standard InChI is InChI=1S/C16H15ClN2OS/c1-20-15-6-4-12(3-2-8-18)13(9-15)11-21-16-7-5-14(17)10-19-16/h4-7,9-10H,8,11,18H2,1H3. The van der Waals surface area contributed by atoms with Crippen LogP contribution in [-0.2, 0) is 5.75 Å². The summed E-state index contributed by atoms with van der Waals surface area (Å²) in [6.45, 7) is 0.345. The molecule has 1 aromatic heterocycles. The summed E-state index contributed by atoms with van der Waals surface area (Å²) in [6, 6.07) is 9.57. The molecule has 2 rings (SSSR count). The van der Waals surface area contributed by atoms with Crippen molar-refractivity contribution in [2.75, 3.05) is 13.7 Å². The van der Waals surface area contributed by atoms with Crippen LogP contribution in [-0.4, -0.2) is 18.6 Å². The van der Waals surface area contributed by atoms with Gasteiger partial charge in [-0.1, -0.05) is 23.4 Å². The molecule has 0 bridgehead atoms. The van der Waals surface area contributed by atoms with Crippen LogP contribution in [0.1, 0.15) is 11.1 Å². The van der Waals surface area contributed by atoms with E-state index in [2.05, 4.69) is 16.8 Å². The van der Waals surface area contributed by atoms with Gasteiger partial charge in [-0.15, -0.1) is 11.8 Å². The van der Waals surface area contributed by atoms with E-state index in [0.717, 1.165) is 27.7 Å². The van der Waals surface area contributed by atoms with Crippen LogP contribution in [0.4, 0.5) is 0 Å². The molecule has 0 unspecified atom stereocenters. The molecule has 0 aliphatic rings. The van der Waals surface area contributed by atoms with Gasteiger partial charge in [0.25, 0.3) is 0 Å². The molecule has 0 spiro atoms. The Kier molecular flexibility index (Phi) is 5.94. The van der Waals surface area contributed by atoms with Crippen LogP contribution >= 0.6 is 23.4 Å². The largest absolute Gasteiger partial charge is 0.497 e. The maximum absolute atomic E-state index is 5.83. The highest BCUT2D eigenvalue weighted by molar-refractivity contribution is 7.98. The lowest BCUT2D eigenvalue weighted by Crippen LogP contribution is -1.95. The molecule has 3 nitrogen and oxygen atoms in total. The lowest BCUT2D eigenvalue weighted by Gasteiger charge is -2.07. The van der Waals surface area contributed by atoms with Gasteiger partial charge in [-0.25, -0.2) is 4.98 Å². The first kappa shape index (κ1) is 15.7. The summed E-state index contributed by atoms with van der Waals surface area (Å²) in [6.07, 6.45) is 1.64. The maximum Gasteiger partial charge on any atom is 0.119 e. The van der Waals surface area contributed by atoms with Crippen molar-refractivity contribution in [3.8, 4) is 17.6 Å². The van der Waals surface area contributed by atoms with Crippen LogP contribution in [0.2, 0.25) is 5.02 Å². The van der Waals surface area contributed by atoms with Crippen molar-refractivity contribution in [3.63, 3.8) is 0 Å². The topological polar surface area (TPSA) is 48.1 Å². The van der Waals surface area contributed by atoms with Crippen LogP contribution in [0, 0.1) is 11.8 Å². The van der Waals surface area contributed by atoms with Crippen LogP contribution in [0.15, 0.2) is 41.6 Å². The minimum absolute atomic E-state index is 0.345. The third-order valence-electron chi connectivity index (χ3n) is 2.71. The van der Waals surface area contributed by atoms with Gasteiger partial charge in [-0.3, -0.25) is 0 Å². The molecule has 0 saturated heterocycles. The predicted octanol–water partition coefficient (Wildman–Crippen LogP) is 3.35. The molecule has 108 valence electrons. The quantitative estimate of drug-likeness (QED) is 0.694. The lowest BCUT2D eigenvalue weighted by atomic mass is 10.1. The summed E-state index contributed by atoms with van der Waals surface area (Å²) in [4.78, 5) is 4.27. The van der Waals surface area contributed by atoms with Crippen molar-refractivity contribution in [3.05, 3.63) is 52.7 Å². The molecular weight excluding hydrogens is 304 g/mol. The number of halogens is 1. The van der Waals surface area contributed by atoms with Gasteiger partial charge in [-0.2, -0.15) is 0 Å². The van der Waals surface area contributed by atoms with Gasteiger partial charge < -0.3 is 10.5 Å². The summed E-state index contributed by atoms with van der Waals surface area (Å²) < 4.78 is 5.27. The van der Waals surface area contributed by atoms with E-state index in [9.17, 15) is 0 Å². The molecule has 0 radical (unpaired) electrons. The Morgan fingerprint density at radius 3 is 2.86 bits per heavy atom. The van der Waals surface area contributed by atoms with E-state index in [0.29, 0.717) is 11.6 Å². The molecule has 0 aliphatic carbocycles. The number of benzene rings is 1. The first-order valence-electron chi connectivity index (χ1n) is 6.33. The zero-order valence-electron chi connectivity index (χ0n) is 11.6. The molecule has 2 aromatic rings. The smallest absolute Gasteiger partial charge is 0.119 e. The second-order valence-electron chi connectivity index (χ2n) is 4.13. The Hall–Kier alpha value is -1.67. The highest BCUT2D eigenvalue weighted by atomic mass is 35.5. The number of nitrogens with zero attached hydrogens (tertiary/aromatic N) is 1. The molecule has 1 aromatic carbocycles. The molecule has 2 N–H and O–H groups in total. The van der Waals surface area contributed by atoms with Gasteiger partial charge in [0.2, 0.25) is 0 Å². The predicted molar refractivity (Wildman–Crippen MR) is 87.7 cm³/mol. The number of thioether (sulfide) groups is 1. The monoisotopic (exact) mass is 318 g/mol. The van der Waals surface area contributed by atoms with Crippen molar-refractivity contribution in [2.45, 2.75) is 10.8 Å². The minimum Gasteiger partial charge on any atom is -0.497 e. The van der Waals surface area contributed by atoms with Crippen molar-refractivity contribution in [1.82, 2.24) is 4.98 Å². The third-order valence-corrected chi connectivity index (χ3v) is 3.93. The second kappa shape index (κ2) is 7.94. The minimum atomic E-state index is 0.345. The fraction of sp³-hybridized carbons (Fsp3) is 0.188. The third kappa shape index (κ3) is 4.68. The Labute approximate surface area is 133 Å². The number of hydrogen-bond acceptors (Lipinski definition) is 4. The molecule has 0 saturated carbocycles. The fourth-order valence-corrected chi connectivity index (χ4v) is 2.63. The second-order valence-corrected chi connectivity index (χ2v) is 5.56. The van der Waals surface area contributed by atoms with Crippen molar-refractivity contribution < 1.29 is 4.74 Å². The molecule has 5 heteroatoms. The number of rotatable bonds is 4. The van der Waals surface area contributed by atoms with Crippen molar-refractivity contribution in [1.29, 1.82) is 0 Å². The first-order valence-corrected chi connectivity index (χ1v) is 7.69. The number of hydrogen-bond donors (Lipinski definition) is 1. The normalized spacial score (nSPS) is 9.86. The van der Waals surface area contributed by atoms with Gasteiger partial charge in [0.05, 0.1) is 23.7 Å². The fourth-order valence-electron chi connectivity index (χ4n) is 1.68. The maximum atomic E-state index is 5.83. The van der Waals surface area contributed by atoms with Gasteiger partial charge in [0.15, 0.2) is 0 Å². The van der Waals surface area contributed by atoms with E-state index in [4.69, 9.17) is 22.1 Å². The van der Waals surface area contributed by atoms with Gasteiger partial charge >= 0.3 is 0 Å². The van der Waals surface area contributed by atoms with Gasteiger partial charge in [0.1, 0.15) is 5.75 Å². The van der Waals surface area contributed by atoms with E-state index in [1.165, 1.54) is 0 Å². The van der Waals surface area contributed by atoms with Crippen molar-refractivity contribution >= 4 is 23.4 Å². The SMILES string of the molecule is COc1ccc(C#CCN)c(CSc2ccc(Cl)cn2)c1. The zero-order chi connectivity index (χ0) is 15.1. The van der Waals surface area contributed by atoms with E-state index in [1.54, 1.807) is 25.1 Å². The summed E-state index contributed by atoms with van der Waals surface area (Å²) in [7, 11) is 1.65. The van der Waals surface area contributed by atoms with E-state index in [-0.39, 0.29) is 0 Å². The summed E-state index contributed by atoms with van der Waals surface area (Å²) in [5.41, 5.74) is 7.49. The first-order chi connectivity index (χ1) is 10.2. The molecular formula is C16H15ClN2OS. The Bertz CT molecular complexity index is 662. The van der Waals surface area contributed by atoms with E-state index in [1.807, 2.05) is 30.3 Å². The Balaban J connectivity index is 2.18. The average Bonchev–Trinajstić information content (AvgIpc) is 2.52. The van der Waals surface area contributed by atoms with Crippen LogP contribution in [0.25, 0.3) is 0 Å². The molecule has 0 fully saturated rings. The van der Waals surface area contributed by atoms with Crippen LogP contribution in [0.5, 0.6) is 5.75 Å². The van der Waals surface area contributed by atoms with Gasteiger partial charge in [0, 0.05) is 17.5 Å². The number of aromatic nitrogens is 1. The summed E-state index contributed by atoms with van der Waals surface area (Å²) >= 11 is 7.46. The average molecular weight is 319 g/mol. The van der Waals surface area contributed by atoms with Crippen LogP contribution < -0.4 is 10.5 Å². The lowest BCUT2D eigenvalue weighted by molar-refractivity contribution is 0.414.